The van der Waals surface area contributed by atoms with Gasteiger partial charge in [-0.05, 0) is 25.3 Å². The molecule has 1 aliphatic rings. The first-order valence-electron chi connectivity index (χ1n) is 5.85. The van der Waals surface area contributed by atoms with Gasteiger partial charge in [0.25, 0.3) is 0 Å². The molecule has 1 fully saturated rings. The standard InChI is InChI=1S/C12H20N2O2/c1-14-7-5-10(13-14)8-12(15)6-3-4-11(9-12)16-2/h5,7,11,15H,3-4,6,8-9H2,1-2H3. The smallest absolute Gasteiger partial charge is 0.0728 e. The van der Waals surface area contributed by atoms with Gasteiger partial charge in [0.2, 0.25) is 0 Å². The quantitative estimate of drug-likeness (QED) is 0.841. The van der Waals surface area contributed by atoms with E-state index in [1.54, 1.807) is 11.8 Å². The van der Waals surface area contributed by atoms with Gasteiger partial charge in [0.15, 0.2) is 0 Å². The van der Waals surface area contributed by atoms with Crippen LogP contribution in [0.5, 0.6) is 0 Å². The molecule has 0 aliphatic heterocycles. The highest BCUT2D eigenvalue weighted by molar-refractivity contribution is 5.05. The fourth-order valence-corrected chi connectivity index (χ4v) is 2.54. The lowest BCUT2D eigenvalue weighted by atomic mass is 9.80. The highest BCUT2D eigenvalue weighted by Gasteiger charge is 2.35. The number of nitrogens with zero attached hydrogens (tertiary/aromatic N) is 2. The van der Waals surface area contributed by atoms with E-state index in [1.807, 2.05) is 19.3 Å². The summed E-state index contributed by atoms with van der Waals surface area (Å²) in [6, 6.07) is 1.97. The van der Waals surface area contributed by atoms with Crippen LogP contribution >= 0.6 is 0 Å². The summed E-state index contributed by atoms with van der Waals surface area (Å²) >= 11 is 0. The molecule has 1 aromatic rings. The van der Waals surface area contributed by atoms with Crippen LogP contribution in [0.15, 0.2) is 12.3 Å². The highest BCUT2D eigenvalue weighted by atomic mass is 16.5. The van der Waals surface area contributed by atoms with Crippen LogP contribution in [0.4, 0.5) is 0 Å². The molecule has 1 heterocycles. The molecule has 16 heavy (non-hydrogen) atoms. The molecule has 4 heteroatoms. The van der Waals surface area contributed by atoms with Gasteiger partial charge in [-0.15, -0.1) is 0 Å². The molecule has 0 spiro atoms. The van der Waals surface area contributed by atoms with E-state index in [2.05, 4.69) is 5.10 Å². The van der Waals surface area contributed by atoms with Crippen molar-refractivity contribution in [2.75, 3.05) is 7.11 Å². The molecule has 2 atom stereocenters. The van der Waals surface area contributed by atoms with Gasteiger partial charge in [-0.1, -0.05) is 0 Å². The fraction of sp³-hybridized carbons (Fsp3) is 0.750. The van der Waals surface area contributed by atoms with Crippen LogP contribution < -0.4 is 0 Å². The summed E-state index contributed by atoms with van der Waals surface area (Å²) in [6.45, 7) is 0. The average Bonchev–Trinajstić information content (AvgIpc) is 2.63. The molecule has 90 valence electrons. The molecule has 2 rings (SSSR count). The maximum absolute atomic E-state index is 10.5. The Hall–Kier alpha value is -0.870. The minimum atomic E-state index is -0.632. The average molecular weight is 224 g/mol. The number of methoxy groups -OCH3 is 1. The summed E-state index contributed by atoms with van der Waals surface area (Å²) in [6.07, 6.45) is 6.40. The summed E-state index contributed by atoms with van der Waals surface area (Å²) in [7, 11) is 3.61. The Morgan fingerprint density at radius 2 is 2.50 bits per heavy atom. The molecule has 1 aliphatic carbocycles. The molecule has 4 nitrogen and oxygen atoms in total. The zero-order valence-corrected chi connectivity index (χ0v) is 10.0. The van der Waals surface area contributed by atoms with E-state index in [0.29, 0.717) is 6.42 Å². The molecule has 1 saturated carbocycles. The zero-order valence-electron chi connectivity index (χ0n) is 10.0. The van der Waals surface area contributed by atoms with Crippen molar-refractivity contribution < 1.29 is 9.84 Å². The molecule has 0 radical (unpaired) electrons. The number of aryl methyl sites for hydroxylation is 1. The second-order valence-corrected chi connectivity index (χ2v) is 4.84. The Morgan fingerprint density at radius 3 is 3.12 bits per heavy atom. The van der Waals surface area contributed by atoms with Crippen molar-refractivity contribution >= 4 is 0 Å². The van der Waals surface area contributed by atoms with Crippen molar-refractivity contribution in [1.82, 2.24) is 9.78 Å². The van der Waals surface area contributed by atoms with Gasteiger partial charge in [0.1, 0.15) is 0 Å². The third kappa shape index (κ3) is 2.62. The van der Waals surface area contributed by atoms with Gasteiger partial charge in [-0.2, -0.15) is 5.10 Å². The molecule has 0 saturated heterocycles. The summed E-state index contributed by atoms with van der Waals surface area (Å²) in [5.41, 5.74) is 0.328. The van der Waals surface area contributed by atoms with Crippen LogP contribution in [0.1, 0.15) is 31.4 Å². The Balaban J connectivity index is 2.01. The SMILES string of the molecule is COC1CCCC(O)(Cc2ccn(C)n2)C1. The third-order valence-corrected chi connectivity index (χ3v) is 3.39. The number of rotatable bonds is 3. The zero-order chi connectivity index (χ0) is 11.6. The number of aromatic nitrogens is 2. The second-order valence-electron chi connectivity index (χ2n) is 4.84. The second kappa shape index (κ2) is 4.55. The van der Waals surface area contributed by atoms with Crippen molar-refractivity contribution in [2.45, 2.75) is 43.8 Å². The van der Waals surface area contributed by atoms with Gasteiger partial charge < -0.3 is 9.84 Å². The van der Waals surface area contributed by atoms with Crippen LogP contribution in [0.2, 0.25) is 0 Å². The van der Waals surface area contributed by atoms with Crippen molar-refractivity contribution in [3.63, 3.8) is 0 Å². The van der Waals surface area contributed by atoms with Crippen LogP contribution in [0.3, 0.4) is 0 Å². The summed E-state index contributed by atoms with van der Waals surface area (Å²) in [4.78, 5) is 0. The molecular formula is C12H20N2O2. The summed E-state index contributed by atoms with van der Waals surface area (Å²) < 4.78 is 7.12. The normalized spacial score (nSPS) is 30.6. The van der Waals surface area contributed by atoms with Crippen molar-refractivity contribution in [3.8, 4) is 0 Å². The molecule has 1 aromatic heterocycles. The molecule has 2 unspecified atom stereocenters. The lowest BCUT2D eigenvalue weighted by Crippen LogP contribution is -2.40. The van der Waals surface area contributed by atoms with Crippen molar-refractivity contribution in [3.05, 3.63) is 18.0 Å². The number of ether oxygens (including phenoxy) is 1. The Morgan fingerprint density at radius 1 is 1.69 bits per heavy atom. The van der Waals surface area contributed by atoms with E-state index in [0.717, 1.165) is 31.4 Å². The van der Waals surface area contributed by atoms with E-state index in [9.17, 15) is 5.11 Å². The number of hydrogen-bond acceptors (Lipinski definition) is 3. The summed E-state index contributed by atoms with van der Waals surface area (Å²) in [5, 5.41) is 14.8. The minimum Gasteiger partial charge on any atom is -0.389 e. The number of hydrogen-bond donors (Lipinski definition) is 1. The van der Waals surface area contributed by atoms with Crippen molar-refractivity contribution in [2.24, 2.45) is 7.05 Å². The maximum atomic E-state index is 10.5. The van der Waals surface area contributed by atoms with Crippen LogP contribution in [-0.4, -0.2) is 33.7 Å². The summed E-state index contributed by atoms with van der Waals surface area (Å²) in [5.74, 6) is 0. The lowest BCUT2D eigenvalue weighted by Gasteiger charge is -2.35. The highest BCUT2D eigenvalue weighted by Crippen LogP contribution is 2.32. The van der Waals surface area contributed by atoms with Crippen molar-refractivity contribution in [1.29, 1.82) is 0 Å². The maximum Gasteiger partial charge on any atom is 0.0728 e. The van der Waals surface area contributed by atoms with E-state index >= 15 is 0 Å². The monoisotopic (exact) mass is 224 g/mol. The number of aliphatic hydroxyl groups is 1. The van der Waals surface area contributed by atoms with E-state index in [-0.39, 0.29) is 6.10 Å². The van der Waals surface area contributed by atoms with Gasteiger partial charge >= 0.3 is 0 Å². The van der Waals surface area contributed by atoms with Gasteiger partial charge in [0.05, 0.1) is 17.4 Å². The van der Waals surface area contributed by atoms with Crippen LogP contribution in [0, 0.1) is 0 Å². The Labute approximate surface area is 96.2 Å². The fourth-order valence-electron chi connectivity index (χ4n) is 2.54. The van der Waals surface area contributed by atoms with Crippen LogP contribution in [0.25, 0.3) is 0 Å². The van der Waals surface area contributed by atoms with Gasteiger partial charge in [-0.25, -0.2) is 0 Å². The van der Waals surface area contributed by atoms with E-state index in [1.165, 1.54) is 0 Å². The Bertz CT molecular complexity index is 351. The van der Waals surface area contributed by atoms with E-state index < -0.39 is 5.60 Å². The Kier molecular flexibility index (Phi) is 3.30. The predicted octanol–water partition coefficient (Wildman–Crippen LogP) is 1.28. The first-order valence-corrected chi connectivity index (χ1v) is 5.85. The lowest BCUT2D eigenvalue weighted by molar-refractivity contribution is -0.0586. The first-order chi connectivity index (χ1) is 7.61. The first kappa shape index (κ1) is 11.6. The third-order valence-electron chi connectivity index (χ3n) is 3.39. The minimum absolute atomic E-state index is 0.197. The molecule has 0 amide bonds. The van der Waals surface area contributed by atoms with Crippen LogP contribution in [-0.2, 0) is 18.2 Å². The molecule has 1 N–H and O–H groups in total. The van der Waals surface area contributed by atoms with Gasteiger partial charge in [-0.3, -0.25) is 4.68 Å². The molecule has 0 aromatic carbocycles. The topological polar surface area (TPSA) is 47.3 Å². The molecular weight excluding hydrogens is 204 g/mol. The molecule has 0 bridgehead atoms. The van der Waals surface area contributed by atoms with E-state index in [4.69, 9.17) is 4.74 Å². The largest absolute Gasteiger partial charge is 0.389 e. The van der Waals surface area contributed by atoms with Gasteiger partial charge in [0, 0.05) is 33.2 Å². The predicted molar refractivity (Wildman–Crippen MR) is 61.1 cm³/mol.